The quantitative estimate of drug-likeness (QED) is 0.0115. The lowest BCUT2D eigenvalue weighted by atomic mass is 9.93. The molecule has 0 aliphatic heterocycles. The van der Waals surface area contributed by atoms with Gasteiger partial charge in [-0.3, -0.25) is 28.8 Å². The molecule has 0 fully saturated rings. The molecule has 0 heterocycles. The highest BCUT2D eigenvalue weighted by atomic mass is 32.2. The van der Waals surface area contributed by atoms with Crippen LogP contribution in [0.3, 0.4) is 0 Å². The molecule has 6 atom stereocenters. The average molecular weight is 1850 g/mol. The van der Waals surface area contributed by atoms with Crippen LogP contribution in [-0.2, 0) is 153 Å². The standard InChI is InChI=1S/C54H78O24S2.C24H32O11.C6H14O2S2/c1-7-67-45(59)53(5,37-75-47(61)71-31-41-17-11-9-12-18-41)39-77-49(63)73-35-51(3,33-55)43(57)69-21-15-27-79-29-25-65-23-24-66-26-30-80-28-16-22-70-44(58)52(4,34-56)36-74-50(64)78-40-54(6,46(60)68-8-2)38-76-48(62)72-32-42-19-13-10-14-20-42;1-5-12-31-19(26)23(3,14-25)15-33-22(29)35-17-24(4,20(27)30-6-2)16-34-21(28)32-13-18-10-8-7-9-11-18;9-5-3-7-1-2-8-4-6-10/h9-14,17-20,55-56H,7-8,15-16,21-40H2,1-6H3;5,7-11,25H,1,6,12-17H2,2-4H3;9-10H,1-6H2. The number of thiol groups is 2. The summed E-state index contributed by atoms with van der Waals surface area (Å²) in [5, 5.41) is 29.4. The second kappa shape index (κ2) is 67.3. The van der Waals surface area contributed by atoms with E-state index in [4.69, 9.17) is 104 Å². The first kappa shape index (κ1) is 114. The molecule has 0 amide bonds. The van der Waals surface area contributed by atoms with E-state index in [0.717, 1.165) is 28.2 Å². The first-order valence-electron chi connectivity index (χ1n) is 39.8. The van der Waals surface area contributed by atoms with Gasteiger partial charge in [-0.1, -0.05) is 104 Å². The van der Waals surface area contributed by atoms with Crippen molar-refractivity contribution in [2.75, 3.05) is 206 Å². The van der Waals surface area contributed by atoms with Crippen molar-refractivity contribution in [1.29, 1.82) is 0 Å². The Morgan fingerprint density at radius 1 is 0.304 bits per heavy atom. The van der Waals surface area contributed by atoms with E-state index >= 15 is 0 Å². The van der Waals surface area contributed by atoms with Gasteiger partial charge < -0.3 is 120 Å². The van der Waals surface area contributed by atoms with E-state index in [9.17, 15) is 72.9 Å². The minimum absolute atomic E-state index is 0.00491. The SMILES string of the molecule is C=CCOC(=O)C(C)(CO)COC(=O)OCC(C)(COC(=O)OCc1ccccc1)C(=O)OCC.CCOC(=O)C(C)(COC(=O)OCc1ccccc1)COC(=O)OCC(C)(CO)C(=O)OCCCSCCOCCOCCSCCCOC(=O)C(C)(CO)COC(=O)OCC(C)(COC(=O)OCc1ccccc1)C(=O)OCC.SCCOCCOCCS. The minimum atomic E-state index is -1.62. The number of rotatable bonds is 62. The van der Waals surface area contributed by atoms with Crippen LogP contribution in [0.25, 0.3) is 0 Å². The normalized spacial score (nSPS) is 13.6. The molecule has 6 unspecified atom stereocenters. The predicted octanol–water partition coefficient (Wildman–Crippen LogP) is 10.2. The second-order valence-electron chi connectivity index (χ2n) is 28.4. The van der Waals surface area contributed by atoms with Gasteiger partial charge in [0.05, 0.1) is 106 Å². The van der Waals surface area contributed by atoms with Crippen LogP contribution in [0.5, 0.6) is 0 Å². The van der Waals surface area contributed by atoms with Crippen LogP contribution in [0, 0.1) is 32.5 Å². The van der Waals surface area contributed by atoms with E-state index in [2.05, 4.69) is 31.8 Å². The van der Waals surface area contributed by atoms with Gasteiger partial charge in [-0.25, -0.2) is 28.8 Å². The van der Waals surface area contributed by atoms with Gasteiger partial charge in [0.2, 0.25) is 0 Å². The molecule has 125 heavy (non-hydrogen) atoms. The van der Waals surface area contributed by atoms with Gasteiger partial charge >= 0.3 is 72.7 Å². The third-order valence-electron chi connectivity index (χ3n) is 16.6. The molecule has 0 spiro atoms. The molecule has 3 N–H and O–H groups in total. The van der Waals surface area contributed by atoms with Crippen molar-refractivity contribution in [2.45, 2.75) is 95.0 Å². The topological polar surface area (TPSA) is 469 Å². The van der Waals surface area contributed by atoms with Crippen LogP contribution < -0.4 is 0 Å². The number of carbonyl (C=O) groups excluding carboxylic acids is 12. The Balaban J connectivity index is 0.00000142. The minimum Gasteiger partial charge on any atom is -0.465 e. The smallest absolute Gasteiger partial charge is 0.465 e. The Labute approximate surface area is 748 Å². The van der Waals surface area contributed by atoms with Crippen LogP contribution in [0.4, 0.5) is 28.8 Å². The summed E-state index contributed by atoms with van der Waals surface area (Å²) in [5.74, 6) is -0.579. The van der Waals surface area contributed by atoms with E-state index < -0.39 is 185 Å². The number of benzene rings is 3. The zero-order chi connectivity index (χ0) is 93.1. The summed E-state index contributed by atoms with van der Waals surface area (Å²) < 4.78 is 113. The molecule has 3 aromatic carbocycles. The maximum absolute atomic E-state index is 12.8. The monoisotopic (exact) mass is 1850 g/mol. The summed E-state index contributed by atoms with van der Waals surface area (Å²) >= 11 is 11.1. The molecule has 0 radical (unpaired) electrons. The number of thioether (sulfide) groups is 2. The summed E-state index contributed by atoms with van der Waals surface area (Å²) in [7, 11) is 0. The summed E-state index contributed by atoms with van der Waals surface area (Å²) in [4.78, 5) is 149. The van der Waals surface area contributed by atoms with E-state index in [1.807, 2.05) is 6.07 Å². The molecule has 3 rings (SSSR count). The maximum atomic E-state index is 12.8. The first-order chi connectivity index (χ1) is 59.8. The fourth-order valence-corrected chi connectivity index (χ4v) is 10.6. The summed E-state index contributed by atoms with van der Waals surface area (Å²) in [6, 6.07) is 26.6. The Morgan fingerprint density at radius 2 is 0.536 bits per heavy atom. The van der Waals surface area contributed by atoms with Crippen molar-refractivity contribution in [2.24, 2.45) is 32.5 Å². The molecular weight excluding hydrogens is 1730 g/mol. The van der Waals surface area contributed by atoms with Gasteiger partial charge in [-0.15, -0.1) is 0 Å². The summed E-state index contributed by atoms with van der Waals surface area (Å²) in [6.07, 6.45) is -4.48. The predicted molar refractivity (Wildman–Crippen MR) is 457 cm³/mol. The van der Waals surface area contributed by atoms with Gasteiger partial charge in [-0.2, -0.15) is 48.8 Å². The second-order valence-corrected chi connectivity index (χ2v) is 31.8. The van der Waals surface area contributed by atoms with Crippen molar-refractivity contribution in [3.8, 4) is 0 Å². The van der Waals surface area contributed by atoms with Crippen molar-refractivity contribution >= 4 is 122 Å². The lowest BCUT2D eigenvalue weighted by molar-refractivity contribution is -0.164. The molecule has 3 aromatic rings. The Bertz CT molecular complexity index is 3420. The van der Waals surface area contributed by atoms with Crippen molar-refractivity contribution in [3.63, 3.8) is 0 Å². The molecule has 0 saturated carbocycles. The Hall–Kier alpha value is -9.04. The highest BCUT2D eigenvalue weighted by molar-refractivity contribution is 7.99. The number of aliphatic hydroxyl groups is 3. The van der Waals surface area contributed by atoms with Crippen LogP contribution in [-0.4, -0.2) is 294 Å². The largest absolute Gasteiger partial charge is 0.508 e. The molecule has 706 valence electrons. The molecule has 0 aliphatic rings. The van der Waals surface area contributed by atoms with Crippen molar-refractivity contribution in [3.05, 3.63) is 120 Å². The number of hydrogen-bond acceptors (Lipinski definition) is 41. The van der Waals surface area contributed by atoms with Gasteiger partial charge in [0.1, 0.15) is 118 Å². The fraction of sp³-hybridized carbons (Fsp3) is 0.619. The van der Waals surface area contributed by atoms with Crippen LogP contribution in [0.1, 0.15) is 91.8 Å². The zero-order valence-corrected chi connectivity index (χ0v) is 76.0. The molecule has 37 nitrogen and oxygen atoms in total. The highest BCUT2D eigenvalue weighted by Crippen LogP contribution is 2.28. The van der Waals surface area contributed by atoms with E-state index in [-0.39, 0.29) is 59.5 Å². The van der Waals surface area contributed by atoms with Crippen molar-refractivity contribution < 1.29 is 177 Å². The maximum Gasteiger partial charge on any atom is 0.508 e. The number of carbonyl (C=O) groups is 12. The Morgan fingerprint density at radius 3 is 0.776 bits per heavy atom. The van der Waals surface area contributed by atoms with E-state index in [1.165, 1.54) is 47.6 Å². The molecule has 0 aliphatic carbocycles. The van der Waals surface area contributed by atoms with Gasteiger partial charge in [0.15, 0.2) is 0 Å². The van der Waals surface area contributed by atoms with Crippen LogP contribution in [0.2, 0.25) is 0 Å². The first-order valence-corrected chi connectivity index (χ1v) is 43.4. The van der Waals surface area contributed by atoms with E-state index in [1.54, 1.807) is 129 Å². The molecule has 0 bridgehead atoms. The van der Waals surface area contributed by atoms with Gasteiger partial charge in [0.25, 0.3) is 0 Å². The molecule has 41 heteroatoms. The highest BCUT2D eigenvalue weighted by Gasteiger charge is 2.44. The van der Waals surface area contributed by atoms with Crippen LogP contribution >= 0.6 is 48.8 Å². The lowest BCUT2D eigenvalue weighted by Crippen LogP contribution is -2.41. The van der Waals surface area contributed by atoms with Crippen LogP contribution in [0.15, 0.2) is 104 Å². The third kappa shape index (κ3) is 50.8. The van der Waals surface area contributed by atoms with E-state index in [0.29, 0.717) is 88.7 Å². The third-order valence-corrected chi connectivity index (χ3v) is 19.1. The van der Waals surface area contributed by atoms with Crippen molar-refractivity contribution in [1.82, 2.24) is 0 Å². The summed E-state index contributed by atoms with van der Waals surface area (Å²) in [6.45, 7) is 13.5. The fourth-order valence-electron chi connectivity index (χ4n) is 8.79. The van der Waals surface area contributed by atoms with Gasteiger partial charge in [0, 0.05) is 23.0 Å². The van der Waals surface area contributed by atoms with Gasteiger partial charge in [-0.05, 0) is 103 Å². The summed E-state index contributed by atoms with van der Waals surface area (Å²) in [5.41, 5.74) is -7.37. The molecule has 0 aromatic heterocycles. The molecule has 0 saturated heterocycles. The number of hydrogen-bond donors (Lipinski definition) is 5. The lowest BCUT2D eigenvalue weighted by Gasteiger charge is -2.27. The Kier molecular flexibility index (Phi) is 61.3. The average Bonchev–Trinajstić information content (AvgIpc) is 0.854. The number of esters is 6. The zero-order valence-electron chi connectivity index (χ0n) is 72.5. The molecular formula is C84H124O37S4. The number of aliphatic hydroxyl groups excluding tert-OH is 3. The number of ether oxygens (including phenoxy) is 22.